The van der Waals surface area contributed by atoms with E-state index < -0.39 is 9.84 Å². The summed E-state index contributed by atoms with van der Waals surface area (Å²) in [5.41, 5.74) is 0.719. The molecule has 74 valence electrons. The summed E-state index contributed by atoms with van der Waals surface area (Å²) in [5, 5.41) is 8.42. The Balaban J connectivity index is 3.12. The Hall–Kier alpha value is -1.34. The third kappa shape index (κ3) is 2.57. The van der Waals surface area contributed by atoms with Crippen LogP contribution in [0.3, 0.4) is 0 Å². The van der Waals surface area contributed by atoms with Crippen molar-refractivity contribution in [3.63, 3.8) is 0 Å². The molecule has 0 spiro atoms. The van der Waals surface area contributed by atoms with Crippen LogP contribution >= 0.6 is 0 Å². The van der Waals surface area contributed by atoms with Crippen molar-refractivity contribution in [2.45, 2.75) is 17.7 Å². The summed E-state index contributed by atoms with van der Waals surface area (Å²) in [6.07, 6.45) is 2.00. The zero-order chi connectivity index (χ0) is 10.6. The molecule has 0 aromatic heterocycles. The first-order valence-electron chi connectivity index (χ1n) is 4.20. The topological polar surface area (TPSA) is 57.9 Å². The Labute approximate surface area is 83.9 Å². The summed E-state index contributed by atoms with van der Waals surface area (Å²) < 4.78 is 22.7. The molecule has 1 aromatic rings. The van der Waals surface area contributed by atoms with Crippen LogP contribution < -0.4 is 0 Å². The number of rotatable bonds is 3. The zero-order valence-electron chi connectivity index (χ0n) is 7.90. The first-order chi connectivity index (χ1) is 6.55. The first-order valence-corrected chi connectivity index (χ1v) is 6.10. The molecule has 0 atom stereocenters. The molecular formula is C10H11NO2S. The van der Waals surface area contributed by atoms with Gasteiger partial charge in [-0.3, -0.25) is 0 Å². The number of nitriles is 1. The van der Waals surface area contributed by atoms with Gasteiger partial charge in [-0.25, -0.2) is 8.42 Å². The second-order valence-electron chi connectivity index (χ2n) is 3.04. The van der Waals surface area contributed by atoms with Crippen molar-refractivity contribution in [2.24, 2.45) is 0 Å². The van der Waals surface area contributed by atoms with Gasteiger partial charge < -0.3 is 0 Å². The number of sulfone groups is 1. The van der Waals surface area contributed by atoms with Crippen LogP contribution in [0.4, 0.5) is 0 Å². The molecule has 3 nitrogen and oxygen atoms in total. The van der Waals surface area contributed by atoms with Crippen molar-refractivity contribution >= 4 is 9.84 Å². The van der Waals surface area contributed by atoms with Crippen LogP contribution in [0.1, 0.15) is 12.0 Å². The van der Waals surface area contributed by atoms with E-state index in [1.165, 1.54) is 6.26 Å². The minimum absolute atomic E-state index is 0.329. The molecule has 0 amide bonds. The third-order valence-electron chi connectivity index (χ3n) is 1.88. The monoisotopic (exact) mass is 209 g/mol. The van der Waals surface area contributed by atoms with Crippen LogP contribution in [0.25, 0.3) is 0 Å². The second kappa shape index (κ2) is 4.25. The Morgan fingerprint density at radius 3 is 2.57 bits per heavy atom. The summed E-state index contributed by atoms with van der Waals surface area (Å²) in [7, 11) is -3.17. The second-order valence-corrected chi connectivity index (χ2v) is 5.02. The molecule has 0 saturated carbocycles. The lowest BCUT2D eigenvalue weighted by molar-refractivity contribution is 0.600. The van der Waals surface area contributed by atoms with E-state index in [-0.39, 0.29) is 0 Å². The minimum Gasteiger partial charge on any atom is -0.224 e. The van der Waals surface area contributed by atoms with Gasteiger partial charge in [0.2, 0.25) is 0 Å². The molecule has 0 unspecified atom stereocenters. The first kappa shape index (κ1) is 10.7. The number of hydrogen-bond donors (Lipinski definition) is 0. The molecule has 14 heavy (non-hydrogen) atoms. The standard InChI is InChI=1S/C10H11NO2S/c1-14(12,13)10-7-3-2-5-9(10)6-4-8-11/h2-3,5,7H,4,6H2,1H3. The van der Waals surface area contributed by atoms with Gasteiger partial charge in [-0.15, -0.1) is 0 Å². The van der Waals surface area contributed by atoms with Gasteiger partial charge in [-0.2, -0.15) is 5.26 Å². The molecule has 0 fully saturated rings. The molecule has 4 heteroatoms. The van der Waals surface area contributed by atoms with Gasteiger partial charge in [0, 0.05) is 12.7 Å². The van der Waals surface area contributed by atoms with Gasteiger partial charge in [0.1, 0.15) is 0 Å². The fourth-order valence-corrected chi connectivity index (χ4v) is 2.23. The van der Waals surface area contributed by atoms with E-state index in [4.69, 9.17) is 5.26 Å². The van der Waals surface area contributed by atoms with E-state index in [9.17, 15) is 8.42 Å². The molecule has 1 rings (SSSR count). The van der Waals surface area contributed by atoms with Crippen molar-refractivity contribution in [3.05, 3.63) is 29.8 Å². The van der Waals surface area contributed by atoms with E-state index in [0.717, 1.165) is 5.56 Å². The lowest BCUT2D eigenvalue weighted by atomic mass is 10.1. The van der Waals surface area contributed by atoms with Gasteiger partial charge in [0.15, 0.2) is 9.84 Å². The fraction of sp³-hybridized carbons (Fsp3) is 0.300. The van der Waals surface area contributed by atoms with E-state index in [0.29, 0.717) is 17.7 Å². The summed E-state index contributed by atoms with van der Waals surface area (Å²) in [5.74, 6) is 0. The zero-order valence-corrected chi connectivity index (χ0v) is 8.71. The Kier molecular flexibility index (Phi) is 3.26. The lowest BCUT2D eigenvalue weighted by Gasteiger charge is -2.04. The summed E-state index contributed by atoms with van der Waals surface area (Å²) in [4.78, 5) is 0.329. The molecule has 0 bridgehead atoms. The molecule has 1 aromatic carbocycles. The highest BCUT2D eigenvalue weighted by Crippen LogP contribution is 2.16. The molecule has 0 aliphatic carbocycles. The molecule has 0 heterocycles. The van der Waals surface area contributed by atoms with Gasteiger partial charge in [-0.1, -0.05) is 18.2 Å². The van der Waals surface area contributed by atoms with Gasteiger partial charge in [0.05, 0.1) is 11.0 Å². The van der Waals surface area contributed by atoms with Crippen molar-refractivity contribution in [2.75, 3.05) is 6.26 Å². The van der Waals surface area contributed by atoms with E-state index in [2.05, 4.69) is 0 Å². The lowest BCUT2D eigenvalue weighted by Crippen LogP contribution is -2.01. The van der Waals surface area contributed by atoms with E-state index >= 15 is 0 Å². The van der Waals surface area contributed by atoms with Crippen LogP contribution in [-0.2, 0) is 16.3 Å². The number of hydrogen-bond acceptors (Lipinski definition) is 3. The van der Waals surface area contributed by atoms with Crippen LogP contribution in [0.5, 0.6) is 0 Å². The normalized spacial score (nSPS) is 10.9. The average molecular weight is 209 g/mol. The Morgan fingerprint density at radius 1 is 1.36 bits per heavy atom. The number of benzene rings is 1. The van der Waals surface area contributed by atoms with E-state index in [1.807, 2.05) is 6.07 Å². The maximum atomic E-state index is 11.3. The van der Waals surface area contributed by atoms with Crippen molar-refractivity contribution in [1.29, 1.82) is 5.26 Å². The molecule has 0 saturated heterocycles. The highest BCUT2D eigenvalue weighted by molar-refractivity contribution is 7.90. The predicted octanol–water partition coefficient (Wildman–Crippen LogP) is 1.55. The van der Waals surface area contributed by atoms with Gasteiger partial charge in [-0.05, 0) is 18.1 Å². The number of aryl methyl sites for hydroxylation is 1. The average Bonchev–Trinajstić information content (AvgIpc) is 2.14. The fourth-order valence-electron chi connectivity index (χ4n) is 1.26. The van der Waals surface area contributed by atoms with Crippen molar-refractivity contribution < 1.29 is 8.42 Å². The van der Waals surface area contributed by atoms with Crippen LogP contribution in [0.15, 0.2) is 29.2 Å². The summed E-state index contributed by atoms with van der Waals surface area (Å²) in [6, 6.07) is 8.78. The van der Waals surface area contributed by atoms with Gasteiger partial charge in [0.25, 0.3) is 0 Å². The Bertz CT molecular complexity index is 457. The molecular weight excluding hydrogens is 198 g/mol. The maximum Gasteiger partial charge on any atom is 0.175 e. The van der Waals surface area contributed by atoms with Crippen molar-refractivity contribution in [1.82, 2.24) is 0 Å². The highest BCUT2D eigenvalue weighted by Gasteiger charge is 2.11. The molecule has 0 aliphatic heterocycles. The molecule has 0 aliphatic rings. The molecule has 0 N–H and O–H groups in total. The highest BCUT2D eigenvalue weighted by atomic mass is 32.2. The smallest absolute Gasteiger partial charge is 0.175 e. The third-order valence-corrected chi connectivity index (χ3v) is 3.08. The summed E-state index contributed by atoms with van der Waals surface area (Å²) in [6.45, 7) is 0. The summed E-state index contributed by atoms with van der Waals surface area (Å²) >= 11 is 0. The quantitative estimate of drug-likeness (QED) is 0.758. The Morgan fingerprint density at radius 2 is 2.00 bits per heavy atom. The largest absolute Gasteiger partial charge is 0.224 e. The van der Waals surface area contributed by atoms with E-state index in [1.54, 1.807) is 24.3 Å². The predicted molar refractivity (Wildman–Crippen MR) is 53.5 cm³/mol. The van der Waals surface area contributed by atoms with Crippen LogP contribution in [0.2, 0.25) is 0 Å². The van der Waals surface area contributed by atoms with Crippen LogP contribution in [0, 0.1) is 11.3 Å². The van der Waals surface area contributed by atoms with Crippen molar-refractivity contribution in [3.8, 4) is 6.07 Å². The SMILES string of the molecule is CS(=O)(=O)c1ccccc1CCC#N. The maximum absolute atomic E-state index is 11.3. The van der Waals surface area contributed by atoms with Gasteiger partial charge >= 0.3 is 0 Å². The van der Waals surface area contributed by atoms with Crippen LogP contribution in [-0.4, -0.2) is 14.7 Å². The number of nitrogens with zero attached hydrogens (tertiary/aromatic N) is 1. The minimum atomic E-state index is -3.17. The molecule has 0 radical (unpaired) electrons.